The molecule has 118 valence electrons. The Labute approximate surface area is 135 Å². The summed E-state index contributed by atoms with van der Waals surface area (Å²) < 4.78 is 12.4. The summed E-state index contributed by atoms with van der Waals surface area (Å²) in [7, 11) is 0. The molecular weight excluding hydrogens is 332 g/mol. The number of aliphatic hydroxyl groups is 1. The maximum Gasteiger partial charge on any atom is 0.133 e. The summed E-state index contributed by atoms with van der Waals surface area (Å²) in [5.41, 5.74) is 0.909. The Morgan fingerprint density at radius 1 is 1.29 bits per heavy atom. The van der Waals surface area contributed by atoms with Crippen LogP contribution in [0.5, 0.6) is 5.75 Å². The number of hydrogen-bond donors (Lipinski definition) is 1. The quantitative estimate of drug-likeness (QED) is 0.853. The molecule has 1 aliphatic rings. The molecule has 0 spiro atoms. The summed E-state index contributed by atoms with van der Waals surface area (Å²) in [5, 5.41) is 10.7. The SMILES string of the molecule is CCCOc1ccc(C(O)C2C(C)OC(C)C2C)cc1Br. The van der Waals surface area contributed by atoms with Crippen LogP contribution in [0, 0.1) is 11.8 Å². The molecule has 0 saturated carbocycles. The van der Waals surface area contributed by atoms with E-state index in [1.54, 1.807) is 0 Å². The van der Waals surface area contributed by atoms with Crippen LogP contribution in [-0.2, 0) is 4.74 Å². The minimum absolute atomic E-state index is 0.0693. The van der Waals surface area contributed by atoms with Gasteiger partial charge in [0.25, 0.3) is 0 Å². The third-order valence-electron chi connectivity index (χ3n) is 4.44. The molecule has 0 bridgehead atoms. The van der Waals surface area contributed by atoms with Gasteiger partial charge in [0.05, 0.1) is 29.4 Å². The Morgan fingerprint density at radius 3 is 2.52 bits per heavy atom. The second kappa shape index (κ2) is 7.12. The summed E-state index contributed by atoms with van der Waals surface area (Å²) in [6.45, 7) is 9.04. The molecule has 1 N–H and O–H groups in total. The summed E-state index contributed by atoms with van der Waals surface area (Å²) in [6.07, 6.45) is 0.717. The van der Waals surface area contributed by atoms with E-state index in [2.05, 4.69) is 36.7 Å². The van der Waals surface area contributed by atoms with Crippen LogP contribution < -0.4 is 4.74 Å². The lowest BCUT2D eigenvalue weighted by Gasteiger charge is -2.25. The summed E-state index contributed by atoms with van der Waals surface area (Å²) in [4.78, 5) is 0. The smallest absolute Gasteiger partial charge is 0.133 e. The molecule has 5 atom stereocenters. The molecule has 1 heterocycles. The molecule has 1 aliphatic heterocycles. The molecule has 4 heteroatoms. The largest absolute Gasteiger partial charge is 0.492 e. The molecule has 3 nitrogen and oxygen atoms in total. The van der Waals surface area contributed by atoms with Crippen LogP contribution in [0.15, 0.2) is 22.7 Å². The minimum Gasteiger partial charge on any atom is -0.492 e. The van der Waals surface area contributed by atoms with Crippen molar-refractivity contribution in [2.45, 2.75) is 52.4 Å². The highest BCUT2D eigenvalue weighted by Gasteiger charge is 2.41. The predicted octanol–water partition coefficient (Wildman–Crippen LogP) is 4.33. The van der Waals surface area contributed by atoms with E-state index in [1.807, 2.05) is 25.1 Å². The average Bonchev–Trinajstić information content (AvgIpc) is 2.70. The molecule has 1 aromatic rings. The van der Waals surface area contributed by atoms with Gasteiger partial charge in [0.2, 0.25) is 0 Å². The number of benzene rings is 1. The molecule has 0 aromatic heterocycles. The highest BCUT2D eigenvalue weighted by atomic mass is 79.9. The fourth-order valence-corrected chi connectivity index (χ4v) is 3.60. The third-order valence-corrected chi connectivity index (χ3v) is 5.06. The van der Waals surface area contributed by atoms with Crippen LogP contribution in [0.4, 0.5) is 0 Å². The number of rotatable bonds is 5. The van der Waals surface area contributed by atoms with Crippen molar-refractivity contribution in [1.82, 2.24) is 0 Å². The highest BCUT2D eigenvalue weighted by molar-refractivity contribution is 9.10. The lowest BCUT2D eigenvalue weighted by atomic mass is 9.82. The molecule has 1 saturated heterocycles. The average molecular weight is 357 g/mol. The van der Waals surface area contributed by atoms with Crippen LogP contribution in [-0.4, -0.2) is 23.9 Å². The van der Waals surface area contributed by atoms with Crippen LogP contribution in [0.3, 0.4) is 0 Å². The number of hydrogen-bond acceptors (Lipinski definition) is 3. The maximum absolute atomic E-state index is 10.7. The summed E-state index contributed by atoms with van der Waals surface area (Å²) in [6, 6.07) is 5.83. The van der Waals surface area contributed by atoms with Crippen molar-refractivity contribution in [3.8, 4) is 5.75 Å². The molecular formula is C17H25BrO3. The van der Waals surface area contributed by atoms with Gasteiger partial charge in [-0.3, -0.25) is 0 Å². The van der Waals surface area contributed by atoms with Crippen molar-refractivity contribution in [3.05, 3.63) is 28.2 Å². The van der Waals surface area contributed by atoms with Gasteiger partial charge < -0.3 is 14.6 Å². The Kier molecular flexibility index (Phi) is 5.69. The predicted molar refractivity (Wildman–Crippen MR) is 87.6 cm³/mol. The molecule has 0 radical (unpaired) electrons. The molecule has 0 aliphatic carbocycles. The van der Waals surface area contributed by atoms with E-state index in [9.17, 15) is 5.11 Å². The van der Waals surface area contributed by atoms with Gasteiger partial charge in [0.1, 0.15) is 5.75 Å². The minimum atomic E-state index is -0.517. The molecule has 0 amide bonds. The zero-order valence-electron chi connectivity index (χ0n) is 13.2. The molecule has 1 fully saturated rings. The first-order valence-electron chi connectivity index (χ1n) is 7.71. The van der Waals surface area contributed by atoms with Gasteiger partial charge in [-0.05, 0) is 59.8 Å². The maximum atomic E-state index is 10.7. The molecule has 1 aromatic carbocycles. The van der Waals surface area contributed by atoms with E-state index in [0.29, 0.717) is 12.5 Å². The van der Waals surface area contributed by atoms with Crippen molar-refractivity contribution >= 4 is 15.9 Å². The third kappa shape index (κ3) is 3.61. The van der Waals surface area contributed by atoms with Gasteiger partial charge in [-0.1, -0.05) is 19.9 Å². The van der Waals surface area contributed by atoms with Gasteiger partial charge in [-0.2, -0.15) is 0 Å². The van der Waals surface area contributed by atoms with Crippen LogP contribution in [0.2, 0.25) is 0 Å². The van der Waals surface area contributed by atoms with Crippen LogP contribution in [0.25, 0.3) is 0 Å². The molecule has 2 rings (SSSR count). The van der Waals surface area contributed by atoms with E-state index < -0.39 is 6.10 Å². The zero-order chi connectivity index (χ0) is 15.6. The van der Waals surface area contributed by atoms with Gasteiger partial charge in [-0.25, -0.2) is 0 Å². The van der Waals surface area contributed by atoms with Gasteiger partial charge in [0.15, 0.2) is 0 Å². The van der Waals surface area contributed by atoms with Crippen LogP contribution >= 0.6 is 15.9 Å². The Morgan fingerprint density at radius 2 is 2.00 bits per heavy atom. The van der Waals surface area contributed by atoms with Gasteiger partial charge in [-0.15, -0.1) is 0 Å². The number of halogens is 1. The van der Waals surface area contributed by atoms with Crippen molar-refractivity contribution in [2.75, 3.05) is 6.61 Å². The van der Waals surface area contributed by atoms with Gasteiger partial charge in [0, 0.05) is 5.92 Å². The Hall–Kier alpha value is -0.580. The van der Waals surface area contributed by atoms with E-state index in [-0.39, 0.29) is 18.1 Å². The van der Waals surface area contributed by atoms with Crippen molar-refractivity contribution in [1.29, 1.82) is 0 Å². The zero-order valence-corrected chi connectivity index (χ0v) is 14.8. The fraction of sp³-hybridized carbons (Fsp3) is 0.647. The first-order valence-corrected chi connectivity index (χ1v) is 8.50. The van der Waals surface area contributed by atoms with Crippen molar-refractivity contribution in [2.24, 2.45) is 11.8 Å². The van der Waals surface area contributed by atoms with Crippen molar-refractivity contribution < 1.29 is 14.6 Å². The van der Waals surface area contributed by atoms with E-state index in [1.165, 1.54) is 0 Å². The van der Waals surface area contributed by atoms with Gasteiger partial charge >= 0.3 is 0 Å². The second-order valence-electron chi connectivity index (χ2n) is 5.97. The lowest BCUT2D eigenvalue weighted by Crippen LogP contribution is -2.25. The number of aliphatic hydroxyl groups excluding tert-OH is 1. The normalized spacial score (nSPS) is 30.4. The Bertz CT molecular complexity index is 477. The summed E-state index contributed by atoms with van der Waals surface area (Å²) >= 11 is 3.53. The second-order valence-corrected chi connectivity index (χ2v) is 6.82. The first kappa shape index (κ1) is 16.8. The molecule has 21 heavy (non-hydrogen) atoms. The van der Waals surface area contributed by atoms with E-state index in [0.717, 1.165) is 22.2 Å². The highest BCUT2D eigenvalue weighted by Crippen LogP contribution is 2.41. The van der Waals surface area contributed by atoms with E-state index in [4.69, 9.17) is 9.47 Å². The summed E-state index contributed by atoms with van der Waals surface area (Å²) in [5.74, 6) is 1.28. The lowest BCUT2D eigenvalue weighted by molar-refractivity contribution is 0.0231. The number of ether oxygens (including phenoxy) is 2. The van der Waals surface area contributed by atoms with E-state index >= 15 is 0 Å². The standard InChI is InChI=1S/C17H25BrO3/c1-5-8-20-15-7-6-13(9-14(15)18)17(19)16-10(2)11(3)21-12(16)4/h6-7,9-12,16-17,19H,5,8H2,1-4H3. The fourth-order valence-electron chi connectivity index (χ4n) is 3.09. The topological polar surface area (TPSA) is 38.7 Å². The Balaban J connectivity index is 2.16. The monoisotopic (exact) mass is 356 g/mol. The molecule has 5 unspecified atom stereocenters. The van der Waals surface area contributed by atoms with Crippen molar-refractivity contribution in [3.63, 3.8) is 0 Å². The first-order chi connectivity index (χ1) is 9.95. The van der Waals surface area contributed by atoms with Crippen LogP contribution in [0.1, 0.15) is 45.8 Å².